The molecule has 1 aliphatic rings. The SMILES string of the molecule is COC(=O)Cc1cc(F)cc(N2Cc3cccc(NCCCCOCCCOCc4ccccc4)c3C2=O)c1O. The monoisotopic (exact) mass is 550 g/mol. The van der Waals surface area contributed by atoms with Gasteiger partial charge in [-0.2, -0.15) is 0 Å². The number of nitrogens with one attached hydrogen (secondary N) is 1. The van der Waals surface area contributed by atoms with Gasteiger partial charge in [-0.15, -0.1) is 0 Å². The van der Waals surface area contributed by atoms with Crippen molar-refractivity contribution < 1.29 is 33.3 Å². The van der Waals surface area contributed by atoms with Gasteiger partial charge in [0.1, 0.15) is 11.6 Å². The fraction of sp³-hybridized carbons (Fsp3) is 0.355. The minimum atomic E-state index is -0.657. The van der Waals surface area contributed by atoms with Gasteiger partial charge in [-0.25, -0.2) is 4.39 Å². The summed E-state index contributed by atoms with van der Waals surface area (Å²) in [7, 11) is 1.21. The number of rotatable bonds is 15. The molecule has 0 atom stereocenters. The predicted octanol–water partition coefficient (Wildman–Crippen LogP) is 5.22. The predicted molar refractivity (Wildman–Crippen MR) is 150 cm³/mol. The Balaban J connectivity index is 1.21. The first-order valence-corrected chi connectivity index (χ1v) is 13.4. The highest BCUT2D eigenvalue weighted by atomic mass is 19.1. The zero-order valence-electron chi connectivity index (χ0n) is 22.7. The van der Waals surface area contributed by atoms with Crippen LogP contribution in [0.2, 0.25) is 0 Å². The summed E-state index contributed by atoms with van der Waals surface area (Å²) >= 11 is 0. The van der Waals surface area contributed by atoms with E-state index in [1.54, 1.807) is 0 Å². The van der Waals surface area contributed by atoms with E-state index < -0.39 is 11.8 Å². The fourth-order valence-corrected chi connectivity index (χ4v) is 4.59. The first kappa shape index (κ1) is 29.0. The second kappa shape index (κ2) is 14.4. The van der Waals surface area contributed by atoms with Crippen molar-refractivity contribution in [3.05, 3.63) is 88.7 Å². The van der Waals surface area contributed by atoms with Crippen LogP contribution in [0.1, 0.15) is 46.3 Å². The maximum Gasteiger partial charge on any atom is 0.310 e. The van der Waals surface area contributed by atoms with E-state index in [0.717, 1.165) is 42.5 Å². The third kappa shape index (κ3) is 7.58. The number of nitrogens with zero attached hydrogens (tertiary/aromatic N) is 1. The molecule has 0 unspecified atom stereocenters. The van der Waals surface area contributed by atoms with Gasteiger partial charge < -0.3 is 29.5 Å². The molecule has 0 bridgehead atoms. The van der Waals surface area contributed by atoms with Crippen LogP contribution in [0.5, 0.6) is 5.75 Å². The Morgan fingerprint density at radius 1 is 1.00 bits per heavy atom. The number of hydrogen-bond donors (Lipinski definition) is 2. The molecule has 4 rings (SSSR count). The van der Waals surface area contributed by atoms with E-state index in [1.807, 2.05) is 48.5 Å². The van der Waals surface area contributed by atoms with E-state index in [4.69, 9.17) is 9.47 Å². The number of hydrogen-bond acceptors (Lipinski definition) is 7. The van der Waals surface area contributed by atoms with E-state index >= 15 is 0 Å². The van der Waals surface area contributed by atoms with E-state index in [9.17, 15) is 19.1 Å². The number of methoxy groups -OCH3 is 1. The number of benzene rings is 3. The van der Waals surface area contributed by atoms with Crippen LogP contribution < -0.4 is 10.2 Å². The van der Waals surface area contributed by atoms with Crippen LogP contribution in [0, 0.1) is 5.82 Å². The number of fused-ring (bicyclic) bond motifs is 1. The minimum absolute atomic E-state index is 0.0219. The number of halogens is 1. The van der Waals surface area contributed by atoms with Gasteiger partial charge in [-0.1, -0.05) is 42.5 Å². The lowest BCUT2D eigenvalue weighted by Gasteiger charge is -2.19. The first-order valence-electron chi connectivity index (χ1n) is 13.4. The molecule has 0 spiro atoms. The van der Waals surface area contributed by atoms with Gasteiger partial charge >= 0.3 is 5.97 Å². The van der Waals surface area contributed by atoms with Gasteiger partial charge in [-0.3, -0.25) is 9.59 Å². The van der Waals surface area contributed by atoms with Gasteiger partial charge in [0.2, 0.25) is 0 Å². The third-order valence-electron chi connectivity index (χ3n) is 6.64. The van der Waals surface area contributed by atoms with Crippen LogP contribution in [0.4, 0.5) is 15.8 Å². The maximum atomic E-state index is 14.4. The Kier molecular flexibility index (Phi) is 10.5. The number of unbranched alkanes of at least 4 members (excludes halogenated alkanes) is 1. The summed E-state index contributed by atoms with van der Waals surface area (Å²) in [6, 6.07) is 17.8. The molecule has 0 radical (unpaired) electrons. The smallest absolute Gasteiger partial charge is 0.310 e. The lowest BCUT2D eigenvalue weighted by atomic mass is 10.1. The summed E-state index contributed by atoms with van der Waals surface area (Å²) in [5.41, 5.74) is 3.19. The number of phenols is 1. The van der Waals surface area contributed by atoms with Gasteiger partial charge in [0, 0.05) is 43.7 Å². The number of aromatic hydroxyl groups is 1. The molecule has 2 N–H and O–H groups in total. The molecule has 0 saturated heterocycles. The highest BCUT2D eigenvalue weighted by molar-refractivity contribution is 6.14. The molecule has 212 valence electrons. The topological polar surface area (TPSA) is 97.3 Å². The summed E-state index contributed by atoms with van der Waals surface area (Å²) in [5.74, 6) is -1.94. The molecule has 0 fully saturated rings. The van der Waals surface area contributed by atoms with E-state index in [2.05, 4.69) is 10.1 Å². The number of esters is 1. The second-order valence-electron chi connectivity index (χ2n) is 9.55. The van der Waals surface area contributed by atoms with Crippen molar-refractivity contribution in [1.82, 2.24) is 0 Å². The van der Waals surface area contributed by atoms with Gasteiger partial charge in [0.25, 0.3) is 5.91 Å². The molecule has 3 aromatic rings. The summed E-state index contributed by atoms with van der Waals surface area (Å²) in [4.78, 5) is 26.4. The van der Waals surface area contributed by atoms with Crippen molar-refractivity contribution in [2.75, 3.05) is 43.7 Å². The quantitative estimate of drug-likeness (QED) is 0.198. The average Bonchev–Trinajstić information content (AvgIpc) is 3.30. The molecule has 40 heavy (non-hydrogen) atoms. The highest BCUT2D eigenvalue weighted by Gasteiger charge is 2.33. The molecule has 1 heterocycles. The van der Waals surface area contributed by atoms with E-state index in [1.165, 1.54) is 12.0 Å². The second-order valence-corrected chi connectivity index (χ2v) is 9.55. The zero-order valence-corrected chi connectivity index (χ0v) is 22.7. The van der Waals surface area contributed by atoms with Crippen LogP contribution in [0.25, 0.3) is 0 Å². The van der Waals surface area contributed by atoms with E-state index in [0.29, 0.717) is 44.2 Å². The standard InChI is InChI=1S/C31H35FN2O6/c1-38-28(35)18-24-17-25(32)19-27(30(24)36)34-20-23-11-7-12-26(29(23)31(34)37)33-13-5-6-14-39-15-8-16-40-21-22-9-3-2-4-10-22/h2-4,7,9-12,17,19,33,36H,5-6,8,13-16,18,20-21H2,1H3. The van der Waals surface area contributed by atoms with Crippen LogP contribution >= 0.6 is 0 Å². The summed E-state index contributed by atoms with van der Waals surface area (Å²) in [6.45, 7) is 3.39. The van der Waals surface area contributed by atoms with Gasteiger partial charge in [-0.05, 0) is 42.5 Å². The maximum absolute atomic E-state index is 14.4. The van der Waals surface area contributed by atoms with Crippen LogP contribution in [-0.4, -0.2) is 50.5 Å². The van der Waals surface area contributed by atoms with Crippen molar-refractivity contribution in [2.24, 2.45) is 0 Å². The molecule has 0 aliphatic carbocycles. The average molecular weight is 551 g/mol. The van der Waals surface area contributed by atoms with Crippen molar-refractivity contribution >= 4 is 23.3 Å². The van der Waals surface area contributed by atoms with Crippen molar-refractivity contribution in [2.45, 2.75) is 38.8 Å². The van der Waals surface area contributed by atoms with E-state index in [-0.39, 0.29) is 35.9 Å². The zero-order chi connectivity index (χ0) is 28.3. The molecular formula is C31H35FN2O6. The Morgan fingerprint density at radius 2 is 1.77 bits per heavy atom. The number of carbonyl (C=O) groups is 2. The van der Waals surface area contributed by atoms with Gasteiger partial charge in [0.05, 0.1) is 37.9 Å². The molecule has 9 heteroatoms. The van der Waals surface area contributed by atoms with Crippen LogP contribution in [0.3, 0.4) is 0 Å². The third-order valence-corrected chi connectivity index (χ3v) is 6.64. The molecular weight excluding hydrogens is 515 g/mol. The minimum Gasteiger partial charge on any atom is -0.505 e. The highest BCUT2D eigenvalue weighted by Crippen LogP contribution is 2.39. The number of carbonyl (C=O) groups excluding carboxylic acids is 2. The summed E-state index contributed by atoms with van der Waals surface area (Å²) in [6.07, 6.45) is 2.26. The summed E-state index contributed by atoms with van der Waals surface area (Å²) in [5, 5.41) is 14.1. The Labute approximate surface area is 233 Å². The Morgan fingerprint density at radius 3 is 2.58 bits per heavy atom. The Bertz CT molecular complexity index is 1300. The molecule has 0 saturated carbocycles. The van der Waals surface area contributed by atoms with Crippen molar-refractivity contribution in [3.8, 4) is 5.75 Å². The summed E-state index contributed by atoms with van der Waals surface area (Å²) < 4.78 is 30.3. The molecule has 0 aromatic heterocycles. The van der Waals surface area contributed by atoms with Crippen LogP contribution in [-0.2, 0) is 38.6 Å². The van der Waals surface area contributed by atoms with Crippen LogP contribution in [0.15, 0.2) is 60.7 Å². The largest absolute Gasteiger partial charge is 0.505 e. The lowest BCUT2D eigenvalue weighted by molar-refractivity contribution is -0.139. The molecule has 1 aliphatic heterocycles. The molecule has 1 amide bonds. The number of anilines is 2. The number of ether oxygens (including phenoxy) is 3. The normalized spacial score (nSPS) is 12.4. The first-order chi connectivity index (χ1) is 19.5. The van der Waals surface area contributed by atoms with Gasteiger partial charge in [0.15, 0.2) is 0 Å². The Hall–Kier alpha value is -3.95. The van der Waals surface area contributed by atoms with Crippen molar-refractivity contribution in [1.29, 1.82) is 0 Å². The lowest BCUT2D eigenvalue weighted by Crippen LogP contribution is -2.24. The molecule has 3 aromatic carbocycles. The number of amides is 1. The number of phenolic OH excluding ortho intramolecular Hbond substituents is 1. The fourth-order valence-electron chi connectivity index (χ4n) is 4.59. The molecule has 8 nitrogen and oxygen atoms in total. The van der Waals surface area contributed by atoms with Crippen molar-refractivity contribution in [3.63, 3.8) is 0 Å².